The third-order valence-corrected chi connectivity index (χ3v) is 4.28. The molecule has 0 saturated heterocycles. The van der Waals surface area contributed by atoms with Crippen molar-refractivity contribution in [3.8, 4) is 5.75 Å². The van der Waals surface area contributed by atoms with Crippen molar-refractivity contribution in [2.24, 2.45) is 0 Å². The largest absolute Gasteiger partial charge is 0.497 e. The molecule has 0 bridgehead atoms. The molecule has 0 radical (unpaired) electrons. The van der Waals surface area contributed by atoms with Crippen molar-refractivity contribution >= 4 is 21.8 Å². The van der Waals surface area contributed by atoms with Gasteiger partial charge in [0, 0.05) is 23.4 Å². The van der Waals surface area contributed by atoms with Crippen molar-refractivity contribution in [2.45, 2.75) is 6.04 Å². The molecule has 24 heavy (non-hydrogen) atoms. The molecule has 0 aliphatic heterocycles. The zero-order valence-corrected chi connectivity index (χ0v) is 14.6. The van der Waals surface area contributed by atoms with Crippen LogP contribution in [-0.2, 0) is 0 Å². The molecule has 0 spiro atoms. The number of rotatable bonds is 6. The van der Waals surface area contributed by atoms with Crippen LogP contribution in [0.1, 0.15) is 22.2 Å². The molecule has 124 valence electrons. The number of carbonyl (C=O) groups is 1. The van der Waals surface area contributed by atoms with Gasteiger partial charge >= 0.3 is 0 Å². The van der Waals surface area contributed by atoms with E-state index in [1.807, 2.05) is 24.4 Å². The lowest BCUT2D eigenvalue weighted by Crippen LogP contribution is -2.31. The summed E-state index contributed by atoms with van der Waals surface area (Å²) in [5.41, 5.74) is 0.507. The van der Waals surface area contributed by atoms with Crippen molar-refractivity contribution in [1.82, 2.24) is 15.1 Å². The number of hydrogen-bond donors (Lipinski definition) is 1. The molecular weight excluding hydrogens is 374 g/mol. The van der Waals surface area contributed by atoms with E-state index in [2.05, 4.69) is 26.3 Å². The minimum absolute atomic E-state index is 0.204. The molecule has 2 heterocycles. The molecule has 0 saturated carbocycles. The maximum absolute atomic E-state index is 12.5. The molecule has 1 atom stereocenters. The van der Waals surface area contributed by atoms with Gasteiger partial charge in [0.2, 0.25) is 0 Å². The average molecular weight is 390 g/mol. The second kappa shape index (κ2) is 7.35. The Morgan fingerprint density at radius 1 is 1.42 bits per heavy atom. The van der Waals surface area contributed by atoms with Crippen LogP contribution in [0.2, 0.25) is 0 Å². The maximum atomic E-state index is 12.5. The van der Waals surface area contributed by atoms with Crippen molar-refractivity contribution < 1.29 is 13.9 Å². The number of ether oxygens (including phenoxy) is 1. The summed E-state index contributed by atoms with van der Waals surface area (Å²) in [6.45, 7) is 0.345. The van der Waals surface area contributed by atoms with Crippen LogP contribution in [-0.4, -0.2) is 29.3 Å². The minimum Gasteiger partial charge on any atom is -0.497 e. The quantitative estimate of drug-likeness (QED) is 0.702. The third-order valence-electron chi connectivity index (χ3n) is 3.59. The number of furan rings is 1. The van der Waals surface area contributed by atoms with Crippen molar-refractivity contribution in [1.29, 1.82) is 0 Å². The molecule has 3 aromatic rings. The van der Waals surface area contributed by atoms with E-state index in [4.69, 9.17) is 9.15 Å². The number of halogens is 1. The Morgan fingerprint density at radius 2 is 2.29 bits per heavy atom. The van der Waals surface area contributed by atoms with Crippen molar-refractivity contribution in [3.63, 3.8) is 0 Å². The van der Waals surface area contributed by atoms with Crippen LogP contribution in [0.5, 0.6) is 5.75 Å². The zero-order chi connectivity index (χ0) is 16.9. The van der Waals surface area contributed by atoms with Gasteiger partial charge in [0.1, 0.15) is 17.6 Å². The van der Waals surface area contributed by atoms with Crippen LogP contribution >= 0.6 is 15.9 Å². The predicted octanol–water partition coefficient (Wildman–Crippen LogP) is 3.27. The van der Waals surface area contributed by atoms with Gasteiger partial charge in [-0.05, 0) is 52.3 Å². The fraction of sp³-hybridized carbons (Fsp3) is 0.176. The van der Waals surface area contributed by atoms with E-state index in [1.54, 1.807) is 42.5 Å². The summed E-state index contributed by atoms with van der Waals surface area (Å²) >= 11 is 3.39. The molecule has 1 unspecified atom stereocenters. The molecule has 0 aliphatic rings. The number of aromatic nitrogens is 2. The summed E-state index contributed by atoms with van der Waals surface area (Å²) in [5.74, 6) is 1.14. The van der Waals surface area contributed by atoms with Crippen molar-refractivity contribution in [3.05, 3.63) is 70.9 Å². The Morgan fingerprint density at radius 3 is 2.96 bits per heavy atom. The standard InChI is InChI=1S/C17H16BrN3O3/c1-23-12-5-6-14(18)13(10-12)17(22)19-11-15(16-4-2-9-24-16)21-8-3-7-20-21/h2-10,15H,11H2,1H3,(H,19,22). The molecule has 7 heteroatoms. The molecule has 2 aromatic heterocycles. The minimum atomic E-state index is -0.219. The zero-order valence-electron chi connectivity index (χ0n) is 13.0. The summed E-state index contributed by atoms with van der Waals surface area (Å²) in [6.07, 6.45) is 5.13. The van der Waals surface area contributed by atoms with Crippen LogP contribution in [0.4, 0.5) is 0 Å². The number of methoxy groups -OCH3 is 1. The Bertz CT molecular complexity index is 766. The van der Waals surface area contributed by atoms with Gasteiger partial charge in [0.15, 0.2) is 0 Å². The Labute approximate surface area is 147 Å². The molecule has 1 N–H and O–H groups in total. The summed E-state index contributed by atoms with van der Waals surface area (Å²) < 4.78 is 13.1. The maximum Gasteiger partial charge on any atom is 0.252 e. The molecule has 6 nitrogen and oxygen atoms in total. The molecule has 0 aliphatic carbocycles. The Kier molecular flexibility index (Phi) is 5.00. The van der Waals surface area contributed by atoms with Crippen LogP contribution < -0.4 is 10.1 Å². The lowest BCUT2D eigenvalue weighted by molar-refractivity contribution is 0.0947. The van der Waals surface area contributed by atoms with E-state index in [9.17, 15) is 4.79 Å². The second-order valence-corrected chi connectivity index (χ2v) is 5.93. The highest BCUT2D eigenvalue weighted by atomic mass is 79.9. The van der Waals surface area contributed by atoms with E-state index in [-0.39, 0.29) is 11.9 Å². The van der Waals surface area contributed by atoms with Gasteiger partial charge in [-0.3, -0.25) is 9.48 Å². The number of nitrogens with one attached hydrogen (secondary N) is 1. The molecule has 1 aromatic carbocycles. The number of hydrogen-bond acceptors (Lipinski definition) is 4. The number of benzene rings is 1. The van der Waals surface area contributed by atoms with E-state index in [1.165, 1.54) is 0 Å². The summed E-state index contributed by atoms with van der Waals surface area (Å²) in [5, 5.41) is 7.17. The predicted molar refractivity (Wildman–Crippen MR) is 92.1 cm³/mol. The smallest absolute Gasteiger partial charge is 0.252 e. The van der Waals surface area contributed by atoms with Gasteiger partial charge in [-0.2, -0.15) is 5.10 Å². The summed E-state index contributed by atoms with van der Waals surface area (Å²) in [4.78, 5) is 12.5. The highest BCUT2D eigenvalue weighted by Gasteiger charge is 2.19. The number of nitrogens with zero attached hydrogens (tertiary/aromatic N) is 2. The van der Waals surface area contributed by atoms with Crippen LogP contribution in [0.25, 0.3) is 0 Å². The van der Waals surface area contributed by atoms with Gasteiger partial charge in [0.05, 0.1) is 18.9 Å². The van der Waals surface area contributed by atoms with E-state index in [0.29, 0.717) is 22.3 Å². The first-order valence-corrected chi connectivity index (χ1v) is 8.12. The first-order valence-electron chi connectivity index (χ1n) is 7.33. The molecule has 1 amide bonds. The van der Waals surface area contributed by atoms with Gasteiger partial charge < -0.3 is 14.5 Å². The van der Waals surface area contributed by atoms with Gasteiger partial charge in [-0.1, -0.05) is 0 Å². The van der Waals surface area contributed by atoms with Crippen LogP contribution in [0.3, 0.4) is 0 Å². The highest BCUT2D eigenvalue weighted by molar-refractivity contribution is 9.10. The molecule has 0 fully saturated rings. The molecular formula is C17H16BrN3O3. The van der Waals surface area contributed by atoms with Gasteiger partial charge in [0.25, 0.3) is 5.91 Å². The lowest BCUT2D eigenvalue weighted by atomic mass is 10.2. The first kappa shape index (κ1) is 16.3. The van der Waals surface area contributed by atoms with Gasteiger partial charge in [-0.15, -0.1) is 0 Å². The fourth-order valence-corrected chi connectivity index (χ4v) is 2.79. The van der Waals surface area contributed by atoms with E-state index < -0.39 is 0 Å². The van der Waals surface area contributed by atoms with Crippen molar-refractivity contribution in [2.75, 3.05) is 13.7 Å². The SMILES string of the molecule is COc1ccc(Br)c(C(=O)NCC(c2ccco2)n2cccn2)c1. The van der Waals surface area contributed by atoms with Crippen LogP contribution in [0, 0.1) is 0 Å². The number of carbonyl (C=O) groups excluding carboxylic acids is 1. The van der Waals surface area contributed by atoms with E-state index in [0.717, 1.165) is 5.76 Å². The second-order valence-electron chi connectivity index (χ2n) is 5.07. The summed E-state index contributed by atoms with van der Waals surface area (Å²) in [6, 6.07) is 10.5. The fourth-order valence-electron chi connectivity index (χ4n) is 2.36. The highest BCUT2D eigenvalue weighted by Crippen LogP contribution is 2.23. The van der Waals surface area contributed by atoms with Crippen LogP contribution in [0.15, 0.2) is 63.9 Å². The Hall–Kier alpha value is -2.54. The van der Waals surface area contributed by atoms with E-state index >= 15 is 0 Å². The Balaban J connectivity index is 1.77. The monoisotopic (exact) mass is 389 g/mol. The number of amides is 1. The average Bonchev–Trinajstić information content (AvgIpc) is 3.29. The first-order chi connectivity index (χ1) is 11.7. The molecule has 3 rings (SSSR count). The summed E-state index contributed by atoms with van der Waals surface area (Å²) in [7, 11) is 1.57. The normalized spacial score (nSPS) is 11.9. The van der Waals surface area contributed by atoms with Gasteiger partial charge in [-0.25, -0.2) is 0 Å². The lowest BCUT2D eigenvalue weighted by Gasteiger charge is -2.16. The topological polar surface area (TPSA) is 69.3 Å². The third kappa shape index (κ3) is 3.51.